The fourth-order valence-electron chi connectivity index (χ4n) is 2.52. The number of ether oxygens (including phenoxy) is 2. The second-order valence-corrected chi connectivity index (χ2v) is 5.44. The van der Waals surface area contributed by atoms with Gasteiger partial charge in [-0.25, -0.2) is 4.98 Å². The Kier molecular flexibility index (Phi) is 3.59. The van der Waals surface area contributed by atoms with Crippen LogP contribution >= 0.6 is 11.6 Å². The highest BCUT2D eigenvalue weighted by atomic mass is 35.5. The van der Waals surface area contributed by atoms with Crippen molar-refractivity contribution in [3.8, 4) is 11.5 Å². The normalized spacial score (nSPS) is 16.4. The van der Waals surface area contributed by atoms with E-state index in [0.717, 1.165) is 12.2 Å². The molecule has 0 N–H and O–H groups in total. The first kappa shape index (κ1) is 13.9. The molecule has 0 spiro atoms. The SMILES string of the molecule is COc1c(Cl)ncn(CC2Cc3cc(C)ccc3O2)c1=O. The number of fused-ring (bicyclic) bond motifs is 1. The van der Waals surface area contributed by atoms with Crippen LogP contribution in [0, 0.1) is 6.92 Å². The standard InChI is InChI=1S/C15H15ClN2O3/c1-9-3-4-12-10(5-9)6-11(21-12)7-18-8-17-14(16)13(20-2)15(18)19/h3-5,8,11H,6-7H2,1-2H3. The number of hydrogen-bond donors (Lipinski definition) is 0. The van der Waals surface area contributed by atoms with Crippen LogP contribution in [0.4, 0.5) is 0 Å². The number of halogens is 1. The molecule has 0 aliphatic carbocycles. The maximum absolute atomic E-state index is 12.2. The molecule has 1 aromatic carbocycles. The zero-order valence-electron chi connectivity index (χ0n) is 11.8. The number of methoxy groups -OCH3 is 1. The van der Waals surface area contributed by atoms with Gasteiger partial charge in [0.1, 0.15) is 11.9 Å². The van der Waals surface area contributed by atoms with Crippen molar-refractivity contribution in [3.63, 3.8) is 0 Å². The van der Waals surface area contributed by atoms with Crippen molar-refractivity contribution < 1.29 is 9.47 Å². The minimum Gasteiger partial charge on any atom is -0.489 e. The van der Waals surface area contributed by atoms with Crippen molar-refractivity contribution >= 4 is 11.6 Å². The molecule has 0 amide bonds. The molecule has 2 heterocycles. The van der Waals surface area contributed by atoms with Crippen LogP contribution in [0.1, 0.15) is 11.1 Å². The van der Waals surface area contributed by atoms with Crippen LogP contribution in [0.3, 0.4) is 0 Å². The average molecular weight is 307 g/mol. The molecule has 1 aliphatic rings. The highest BCUT2D eigenvalue weighted by Gasteiger charge is 2.24. The van der Waals surface area contributed by atoms with Gasteiger partial charge in [-0.3, -0.25) is 9.36 Å². The Balaban J connectivity index is 1.82. The van der Waals surface area contributed by atoms with E-state index >= 15 is 0 Å². The molecule has 1 unspecified atom stereocenters. The third-order valence-corrected chi connectivity index (χ3v) is 3.78. The average Bonchev–Trinajstić information content (AvgIpc) is 2.84. The van der Waals surface area contributed by atoms with Gasteiger partial charge in [0.25, 0.3) is 5.56 Å². The summed E-state index contributed by atoms with van der Waals surface area (Å²) in [5.41, 5.74) is 2.07. The van der Waals surface area contributed by atoms with Crippen LogP contribution in [-0.2, 0) is 13.0 Å². The number of hydrogen-bond acceptors (Lipinski definition) is 4. The van der Waals surface area contributed by atoms with Gasteiger partial charge in [0.15, 0.2) is 5.15 Å². The number of nitrogens with zero attached hydrogens (tertiary/aromatic N) is 2. The van der Waals surface area contributed by atoms with Gasteiger partial charge in [-0.05, 0) is 18.6 Å². The quantitative estimate of drug-likeness (QED) is 0.816. The first-order valence-electron chi connectivity index (χ1n) is 6.63. The fraction of sp³-hybridized carbons (Fsp3) is 0.333. The summed E-state index contributed by atoms with van der Waals surface area (Å²) in [6, 6.07) is 6.09. The summed E-state index contributed by atoms with van der Waals surface area (Å²) in [5, 5.41) is 0.0741. The Bertz CT molecular complexity index is 742. The summed E-state index contributed by atoms with van der Waals surface area (Å²) in [6.45, 7) is 2.46. The van der Waals surface area contributed by atoms with Gasteiger partial charge in [0.2, 0.25) is 5.75 Å². The Morgan fingerprint density at radius 3 is 3.10 bits per heavy atom. The smallest absolute Gasteiger partial charge is 0.297 e. The molecule has 1 atom stereocenters. The van der Waals surface area contributed by atoms with E-state index in [1.165, 1.54) is 29.1 Å². The van der Waals surface area contributed by atoms with Crippen LogP contribution in [0.5, 0.6) is 11.5 Å². The lowest BCUT2D eigenvalue weighted by Gasteiger charge is -2.13. The number of benzene rings is 1. The predicted octanol–water partition coefficient (Wildman–Crippen LogP) is 2.22. The fourth-order valence-corrected chi connectivity index (χ4v) is 2.72. The van der Waals surface area contributed by atoms with Crippen LogP contribution in [0.25, 0.3) is 0 Å². The molecule has 3 rings (SSSR count). The predicted molar refractivity (Wildman–Crippen MR) is 79.4 cm³/mol. The van der Waals surface area contributed by atoms with Crippen molar-refractivity contribution in [2.45, 2.75) is 26.0 Å². The first-order valence-corrected chi connectivity index (χ1v) is 7.01. The van der Waals surface area contributed by atoms with Crippen molar-refractivity contribution in [2.75, 3.05) is 7.11 Å². The monoisotopic (exact) mass is 306 g/mol. The molecular formula is C15H15ClN2O3. The summed E-state index contributed by atoms with van der Waals surface area (Å²) >= 11 is 5.83. The van der Waals surface area contributed by atoms with E-state index < -0.39 is 0 Å². The summed E-state index contributed by atoms with van der Waals surface area (Å²) in [6.07, 6.45) is 2.10. The van der Waals surface area contributed by atoms with Crippen molar-refractivity contribution in [2.24, 2.45) is 0 Å². The lowest BCUT2D eigenvalue weighted by atomic mass is 10.1. The van der Waals surface area contributed by atoms with E-state index in [9.17, 15) is 4.79 Å². The van der Waals surface area contributed by atoms with E-state index in [1.54, 1.807) is 0 Å². The molecule has 1 aliphatic heterocycles. The minimum absolute atomic E-state index is 0.0607. The van der Waals surface area contributed by atoms with E-state index in [0.29, 0.717) is 6.54 Å². The van der Waals surface area contributed by atoms with E-state index in [-0.39, 0.29) is 22.6 Å². The molecule has 2 aromatic rings. The number of rotatable bonds is 3. The molecule has 0 bridgehead atoms. The lowest BCUT2D eigenvalue weighted by molar-refractivity contribution is 0.206. The topological polar surface area (TPSA) is 53.4 Å². The Hall–Kier alpha value is -2.01. The molecule has 0 radical (unpaired) electrons. The zero-order chi connectivity index (χ0) is 15.0. The van der Waals surface area contributed by atoms with Gasteiger partial charge in [-0.15, -0.1) is 0 Å². The van der Waals surface area contributed by atoms with Crippen LogP contribution in [-0.4, -0.2) is 22.8 Å². The highest BCUT2D eigenvalue weighted by molar-refractivity contribution is 6.30. The molecule has 5 nitrogen and oxygen atoms in total. The third-order valence-electron chi connectivity index (χ3n) is 3.51. The number of aromatic nitrogens is 2. The maximum atomic E-state index is 12.2. The van der Waals surface area contributed by atoms with Gasteiger partial charge in [-0.2, -0.15) is 0 Å². The third kappa shape index (κ3) is 2.61. The highest BCUT2D eigenvalue weighted by Crippen LogP contribution is 2.30. The second-order valence-electron chi connectivity index (χ2n) is 5.08. The van der Waals surface area contributed by atoms with E-state index in [4.69, 9.17) is 21.1 Å². The van der Waals surface area contributed by atoms with Crippen LogP contribution in [0.15, 0.2) is 29.3 Å². The van der Waals surface area contributed by atoms with E-state index in [1.807, 2.05) is 19.1 Å². The molecular weight excluding hydrogens is 292 g/mol. The lowest BCUT2D eigenvalue weighted by Crippen LogP contribution is -2.30. The second kappa shape index (κ2) is 5.41. The Labute approximate surface area is 127 Å². The van der Waals surface area contributed by atoms with Crippen LogP contribution < -0.4 is 15.0 Å². The van der Waals surface area contributed by atoms with Crippen LogP contribution in [0.2, 0.25) is 5.15 Å². The molecule has 21 heavy (non-hydrogen) atoms. The minimum atomic E-state index is -0.298. The molecule has 1 aromatic heterocycles. The van der Waals surface area contributed by atoms with Gasteiger partial charge >= 0.3 is 0 Å². The largest absolute Gasteiger partial charge is 0.489 e. The van der Waals surface area contributed by atoms with Crippen molar-refractivity contribution in [1.82, 2.24) is 9.55 Å². The summed E-state index contributed by atoms with van der Waals surface area (Å²) in [7, 11) is 1.40. The van der Waals surface area contributed by atoms with Gasteiger partial charge in [0, 0.05) is 6.42 Å². The first-order chi connectivity index (χ1) is 10.1. The summed E-state index contributed by atoms with van der Waals surface area (Å²) < 4.78 is 12.3. The van der Waals surface area contributed by atoms with E-state index in [2.05, 4.69) is 11.1 Å². The van der Waals surface area contributed by atoms with Gasteiger partial charge < -0.3 is 9.47 Å². The molecule has 6 heteroatoms. The van der Waals surface area contributed by atoms with Gasteiger partial charge in [-0.1, -0.05) is 29.3 Å². The molecule has 0 saturated heterocycles. The number of aryl methyl sites for hydroxylation is 1. The van der Waals surface area contributed by atoms with Crippen molar-refractivity contribution in [3.05, 3.63) is 51.2 Å². The molecule has 0 fully saturated rings. The van der Waals surface area contributed by atoms with Crippen molar-refractivity contribution in [1.29, 1.82) is 0 Å². The Morgan fingerprint density at radius 1 is 1.52 bits per heavy atom. The van der Waals surface area contributed by atoms with Gasteiger partial charge in [0.05, 0.1) is 20.0 Å². The molecule has 0 saturated carbocycles. The zero-order valence-corrected chi connectivity index (χ0v) is 12.6. The summed E-state index contributed by atoms with van der Waals surface area (Å²) in [5.74, 6) is 0.943. The Morgan fingerprint density at radius 2 is 2.33 bits per heavy atom. The molecule has 110 valence electrons. The maximum Gasteiger partial charge on any atom is 0.297 e. The summed E-state index contributed by atoms with van der Waals surface area (Å²) in [4.78, 5) is 16.2.